The summed E-state index contributed by atoms with van der Waals surface area (Å²) in [6.45, 7) is 4.33. The molecule has 1 amide bonds. The molecule has 0 bridgehead atoms. The molecule has 1 aliphatic heterocycles. The van der Waals surface area contributed by atoms with Crippen LogP contribution < -0.4 is 10.2 Å². The van der Waals surface area contributed by atoms with Crippen LogP contribution in [-0.4, -0.2) is 33.8 Å². The van der Waals surface area contributed by atoms with Crippen LogP contribution in [-0.2, 0) is 11.3 Å². The largest absolute Gasteiger partial charge is 0.372 e. The van der Waals surface area contributed by atoms with Crippen LogP contribution >= 0.6 is 12.2 Å². The predicted molar refractivity (Wildman–Crippen MR) is 119 cm³/mol. The molecule has 0 atom stereocenters. The number of carbonyl (C=O) groups is 1. The third kappa shape index (κ3) is 4.56. The standard InChI is InChI=1S/C22H25N5OS/c1-16-6-5-7-17(14-16)21-24-25-22(29)27(21)15-20(28)23-18-8-10-19(11-9-18)26-12-3-2-4-13-26/h5-11,14H,2-4,12-13,15H2,1H3,(H,23,28)(H,25,29). The van der Waals surface area contributed by atoms with Crippen molar-refractivity contribution >= 4 is 29.5 Å². The lowest BCUT2D eigenvalue weighted by Crippen LogP contribution is -2.29. The molecule has 1 fully saturated rings. The molecule has 6 nitrogen and oxygen atoms in total. The van der Waals surface area contributed by atoms with Gasteiger partial charge in [-0.3, -0.25) is 14.5 Å². The number of aromatic nitrogens is 3. The molecule has 1 aromatic heterocycles. The zero-order valence-corrected chi connectivity index (χ0v) is 17.3. The van der Waals surface area contributed by atoms with Gasteiger partial charge in [0.25, 0.3) is 0 Å². The Labute approximate surface area is 175 Å². The van der Waals surface area contributed by atoms with Gasteiger partial charge in [0.15, 0.2) is 10.6 Å². The Balaban J connectivity index is 1.45. The van der Waals surface area contributed by atoms with Crippen LogP contribution in [0.2, 0.25) is 0 Å². The van der Waals surface area contributed by atoms with Crippen LogP contribution in [0.5, 0.6) is 0 Å². The Hall–Kier alpha value is -2.93. The summed E-state index contributed by atoms with van der Waals surface area (Å²) in [7, 11) is 0. The van der Waals surface area contributed by atoms with Crippen LogP contribution in [0.15, 0.2) is 48.5 Å². The molecule has 1 aliphatic rings. The van der Waals surface area contributed by atoms with E-state index in [-0.39, 0.29) is 12.5 Å². The van der Waals surface area contributed by atoms with Gasteiger partial charge in [-0.15, -0.1) is 0 Å². The van der Waals surface area contributed by atoms with Crippen LogP contribution in [0, 0.1) is 11.7 Å². The van der Waals surface area contributed by atoms with Gasteiger partial charge in [0.05, 0.1) is 0 Å². The molecule has 150 valence electrons. The Morgan fingerprint density at radius 1 is 1.14 bits per heavy atom. The van der Waals surface area contributed by atoms with E-state index in [1.165, 1.54) is 24.9 Å². The highest BCUT2D eigenvalue weighted by Crippen LogP contribution is 2.22. The Kier molecular flexibility index (Phi) is 5.76. The Morgan fingerprint density at radius 3 is 2.62 bits per heavy atom. The number of H-pyrrole nitrogens is 1. The number of nitrogens with zero attached hydrogens (tertiary/aromatic N) is 3. The lowest BCUT2D eigenvalue weighted by molar-refractivity contribution is -0.116. The maximum atomic E-state index is 12.6. The molecule has 3 aromatic rings. The quantitative estimate of drug-likeness (QED) is 0.609. The summed E-state index contributed by atoms with van der Waals surface area (Å²) in [6.07, 6.45) is 3.80. The summed E-state index contributed by atoms with van der Waals surface area (Å²) in [4.78, 5) is 15.0. The molecule has 0 unspecified atom stereocenters. The maximum absolute atomic E-state index is 12.6. The van der Waals surface area contributed by atoms with E-state index in [0.29, 0.717) is 10.6 Å². The second-order valence-electron chi connectivity index (χ2n) is 7.45. The van der Waals surface area contributed by atoms with Crippen LogP contribution in [0.1, 0.15) is 24.8 Å². The molecule has 0 saturated carbocycles. The van der Waals surface area contributed by atoms with Crippen molar-refractivity contribution in [3.8, 4) is 11.4 Å². The van der Waals surface area contributed by atoms with Crippen molar-refractivity contribution in [3.05, 3.63) is 58.9 Å². The van der Waals surface area contributed by atoms with Crippen molar-refractivity contribution in [2.75, 3.05) is 23.3 Å². The molecule has 0 spiro atoms. The third-order valence-electron chi connectivity index (χ3n) is 5.21. The summed E-state index contributed by atoms with van der Waals surface area (Å²) in [5.74, 6) is 0.524. The summed E-state index contributed by atoms with van der Waals surface area (Å²) in [5, 5.41) is 10.1. The van der Waals surface area contributed by atoms with Gasteiger partial charge in [-0.05, 0) is 68.7 Å². The second kappa shape index (κ2) is 8.61. The number of anilines is 2. The van der Waals surface area contributed by atoms with E-state index in [0.717, 1.165) is 29.9 Å². The van der Waals surface area contributed by atoms with Gasteiger partial charge < -0.3 is 10.2 Å². The topological polar surface area (TPSA) is 66.0 Å². The van der Waals surface area contributed by atoms with Crippen LogP contribution in [0.4, 0.5) is 11.4 Å². The average Bonchev–Trinajstić information content (AvgIpc) is 3.09. The lowest BCUT2D eigenvalue weighted by atomic mass is 10.1. The van der Waals surface area contributed by atoms with Gasteiger partial charge in [0, 0.05) is 30.0 Å². The smallest absolute Gasteiger partial charge is 0.244 e. The number of piperidine rings is 1. The van der Waals surface area contributed by atoms with E-state index in [9.17, 15) is 4.79 Å². The Bertz CT molecular complexity index is 1050. The van der Waals surface area contributed by atoms with Gasteiger partial charge in [-0.25, -0.2) is 0 Å². The van der Waals surface area contributed by atoms with Crippen LogP contribution in [0.3, 0.4) is 0 Å². The molecule has 0 radical (unpaired) electrons. The molecule has 4 rings (SSSR count). The number of hydrogen-bond donors (Lipinski definition) is 2. The third-order valence-corrected chi connectivity index (χ3v) is 5.52. The highest BCUT2D eigenvalue weighted by atomic mass is 32.1. The number of rotatable bonds is 5. The van der Waals surface area contributed by atoms with E-state index in [2.05, 4.69) is 32.5 Å². The number of hydrogen-bond acceptors (Lipinski definition) is 4. The van der Waals surface area contributed by atoms with Crippen molar-refractivity contribution in [1.82, 2.24) is 14.8 Å². The monoisotopic (exact) mass is 407 g/mol. The van der Waals surface area contributed by atoms with E-state index in [4.69, 9.17) is 12.2 Å². The molecular formula is C22H25N5OS. The van der Waals surface area contributed by atoms with Crippen molar-refractivity contribution in [2.45, 2.75) is 32.7 Å². The van der Waals surface area contributed by atoms with Crippen LogP contribution in [0.25, 0.3) is 11.4 Å². The van der Waals surface area contributed by atoms with E-state index in [1.54, 1.807) is 4.57 Å². The minimum Gasteiger partial charge on any atom is -0.372 e. The minimum absolute atomic E-state index is 0.104. The van der Waals surface area contributed by atoms with Gasteiger partial charge in [-0.2, -0.15) is 5.10 Å². The number of benzene rings is 2. The number of amides is 1. The highest BCUT2D eigenvalue weighted by Gasteiger charge is 2.14. The summed E-state index contributed by atoms with van der Waals surface area (Å²) in [6, 6.07) is 16.0. The van der Waals surface area contributed by atoms with E-state index in [1.807, 2.05) is 43.3 Å². The number of aromatic amines is 1. The van der Waals surface area contributed by atoms with Gasteiger partial charge in [0.2, 0.25) is 5.91 Å². The fourth-order valence-electron chi connectivity index (χ4n) is 3.72. The minimum atomic E-state index is -0.137. The van der Waals surface area contributed by atoms with Crippen molar-refractivity contribution in [2.24, 2.45) is 0 Å². The molecule has 7 heteroatoms. The van der Waals surface area contributed by atoms with Crippen molar-refractivity contribution < 1.29 is 4.79 Å². The van der Waals surface area contributed by atoms with Gasteiger partial charge in [-0.1, -0.05) is 23.8 Å². The fourth-order valence-corrected chi connectivity index (χ4v) is 3.92. The van der Waals surface area contributed by atoms with E-state index >= 15 is 0 Å². The zero-order chi connectivity index (χ0) is 20.2. The van der Waals surface area contributed by atoms with Gasteiger partial charge >= 0.3 is 0 Å². The summed E-state index contributed by atoms with van der Waals surface area (Å²) < 4.78 is 2.15. The first kappa shape index (κ1) is 19.4. The number of carbonyl (C=O) groups excluding carboxylic acids is 1. The maximum Gasteiger partial charge on any atom is 0.244 e. The first-order valence-corrected chi connectivity index (χ1v) is 10.4. The van der Waals surface area contributed by atoms with Crippen molar-refractivity contribution in [3.63, 3.8) is 0 Å². The van der Waals surface area contributed by atoms with Crippen molar-refractivity contribution in [1.29, 1.82) is 0 Å². The predicted octanol–water partition coefficient (Wildman–Crippen LogP) is 4.55. The molecule has 2 aromatic carbocycles. The first-order valence-electron chi connectivity index (χ1n) is 9.97. The molecule has 2 heterocycles. The Morgan fingerprint density at radius 2 is 1.90 bits per heavy atom. The normalized spacial score (nSPS) is 14.0. The zero-order valence-electron chi connectivity index (χ0n) is 16.5. The summed E-state index contributed by atoms with van der Waals surface area (Å²) >= 11 is 5.34. The molecule has 2 N–H and O–H groups in total. The number of aryl methyl sites for hydroxylation is 1. The summed E-state index contributed by atoms with van der Waals surface area (Å²) in [5.41, 5.74) is 4.04. The average molecular weight is 408 g/mol. The molecule has 1 saturated heterocycles. The SMILES string of the molecule is Cc1cccc(-c2n[nH]c(=S)n2CC(=O)Nc2ccc(N3CCCCC3)cc2)c1. The first-order chi connectivity index (χ1) is 14.1. The van der Waals surface area contributed by atoms with Gasteiger partial charge in [0.1, 0.15) is 6.54 Å². The number of nitrogens with one attached hydrogen (secondary N) is 2. The second-order valence-corrected chi connectivity index (χ2v) is 7.84. The highest BCUT2D eigenvalue weighted by molar-refractivity contribution is 7.71. The van der Waals surface area contributed by atoms with E-state index < -0.39 is 0 Å². The lowest BCUT2D eigenvalue weighted by Gasteiger charge is -2.28. The fraction of sp³-hybridized carbons (Fsp3) is 0.318. The molecule has 0 aliphatic carbocycles. The molecular weight excluding hydrogens is 382 g/mol. The molecule has 29 heavy (non-hydrogen) atoms.